The Morgan fingerprint density at radius 3 is 2.80 bits per heavy atom. The number of amides is 1. The second kappa shape index (κ2) is 7.00. The number of aromatic amines is 1. The molecule has 2 heterocycles. The van der Waals surface area contributed by atoms with Crippen LogP contribution >= 0.6 is 0 Å². The van der Waals surface area contributed by atoms with Crippen LogP contribution in [-0.2, 0) is 0 Å². The second-order valence-electron chi connectivity index (χ2n) is 7.34. The van der Waals surface area contributed by atoms with Crippen LogP contribution in [0.1, 0.15) is 58.4 Å². The van der Waals surface area contributed by atoms with Gasteiger partial charge in [-0.05, 0) is 44.2 Å². The minimum absolute atomic E-state index is 0.0203. The summed E-state index contributed by atoms with van der Waals surface area (Å²) >= 11 is 0. The summed E-state index contributed by atoms with van der Waals surface area (Å²) in [5, 5.41) is 10.4. The third kappa shape index (κ3) is 3.61. The molecular weight excluding hydrogens is 312 g/mol. The fraction of sp³-hybridized carbons (Fsp3) is 0.500. The van der Waals surface area contributed by atoms with Gasteiger partial charge in [0.05, 0.1) is 11.3 Å². The van der Waals surface area contributed by atoms with Crippen molar-refractivity contribution < 1.29 is 4.79 Å². The van der Waals surface area contributed by atoms with Crippen molar-refractivity contribution in [3.05, 3.63) is 52.8 Å². The van der Waals surface area contributed by atoms with Gasteiger partial charge in [-0.15, -0.1) is 0 Å². The molecule has 0 unspecified atom stereocenters. The summed E-state index contributed by atoms with van der Waals surface area (Å²) in [5.41, 5.74) is 4.04. The first-order valence-corrected chi connectivity index (χ1v) is 9.32. The highest BCUT2D eigenvalue weighted by molar-refractivity contribution is 5.96. The maximum Gasteiger partial charge on any atom is 0.255 e. The number of carbonyl (C=O) groups excluding carboxylic acids is 1. The number of nitrogens with zero attached hydrogens (tertiary/aromatic N) is 2. The van der Waals surface area contributed by atoms with E-state index in [4.69, 9.17) is 0 Å². The highest BCUT2D eigenvalue weighted by Crippen LogP contribution is 2.41. The average molecular weight is 338 g/mol. The van der Waals surface area contributed by atoms with Crippen molar-refractivity contribution in [1.82, 2.24) is 20.4 Å². The molecule has 25 heavy (non-hydrogen) atoms. The van der Waals surface area contributed by atoms with Crippen molar-refractivity contribution in [2.75, 3.05) is 26.2 Å². The SMILES string of the molecule is Cc1[nH]nc(C2CC2)c1C(=O)NCCN1CC[C@H](c2ccccc2)C1. The van der Waals surface area contributed by atoms with E-state index in [1.54, 1.807) is 0 Å². The van der Waals surface area contributed by atoms with Crippen LogP contribution in [0.25, 0.3) is 0 Å². The molecule has 1 atom stereocenters. The standard InChI is InChI=1S/C20H26N4O/c1-14-18(19(23-22-14)16-7-8-16)20(25)21-10-12-24-11-9-17(13-24)15-5-3-2-4-6-15/h2-6,16-17H,7-13H2,1H3,(H,21,25)(H,22,23)/t17-/m0/s1. The molecule has 0 bridgehead atoms. The number of aromatic nitrogens is 2. The number of likely N-dealkylation sites (tertiary alicyclic amines) is 1. The van der Waals surface area contributed by atoms with Crippen molar-refractivity contribution in [1.29, 1.82) is 0 Å². The van der Waals surface area contributed by atoms with Crippen LogP contribution in [0.15, 0.2) is 30.3 Å². The Hall–Kier alpha value is -2.14. The highest BCUT2D eigenvalue weighted by atomic mass is 16.1. The van der Waals surface area contributed by atoms with Crippen molar-refractivity contribution in [2.45, 2.75) is 38.0 Å². The van der Waals surface area contributed by atoms with Crippen molar-refractivity contribution in [3.63, 3.8) is 0 Å². The van der Waals surface area contributed by atoms with Gasteiger partial charge in [0.25, 0.3) is 5.91 Å². The van der Waals surface area contributed by atoms with Gasteiger partial charge in [-0.1, -0.05) is 30.3 Å². The lowest BCUT2D eigenvalue weighted by Crippen LogP contribution is -2.34. The number of carbonyl (C=O) groups is 1. The second-order valence-corrected chi connectivity index (χ2v) is 7.34. The summed E-state index contributed by atoms with van der Waals surface area (Å²) in [6.07, 6.45) is 3.50. The maximum atomic E-state index is 12.5. The van der Waals surface area contributed by atoms with Gasteiger partial charge in [0.15, 0.2) is 0 Å². The van der Waals surface area contributed by atoms with E-state index in [-0.39, 0.29) is 5.91 Å². The molecule has 2 aromatic rings. The Morgan fingerprint density at radius 1 is 1.24 bits per heavy atom. The van der Waals surface area contributed by atoms with E-state index in [9.17, 15) is 4.79 Å². The normalized spacial score (nSPS) is 20.8. The molecule has 1 amide bonds. The number of hydrogen-bond donors (Lipinski definition) is 2. The van der Waals surface area contributed by atoms with Crippen LogP contribution in [0, 0.1) is 6.92 Å². The van der Waals surface area contributed by atoms with Gasteiger partial charge in [-0.25, -0.2) is 0 Å². The molecule has 1 saturated heterocycles. The molecule has 0 radical (unpaired) electrons. The van der Waals surface area contributed by atoms with Crippen LogP contribution in [0.4, 0.5) is 0 Å². The molecule has 1 aliphatic carbocycles. The lowest BCUT2D eigenvalue weighted by molar-refractivity contribution is 0.0948. The molecule has 132 valence electrons. The summed E-state index contributed by atoms with van der Waals surface area (Å²) in [7, 11) is 0. The molecule has 2 fully saturated rings. The molecule has 2 aliphatic rings. The zero-order valence-electron chi connectivity index (χ0n) is 14.8. The number of aryl methyl sites for hydroxylation is 1. The average Bonchev–Trinajstić information content (AvgIpc) is 3.24. The van der Waals surface area contributed by atoms with E-state index in [1.807, 2.05) is 6.92 Å². The van der Waals surface area contributed by atoms with E-state index in [0.29, 0.717) is 18.4 Å². The van der Waals surface area contributed by atoms with Gasteiger partial charge in [0, 0.05) is 31.2 Å². The van der Waals surface area contributed by atoms with E-state index >= 15 is 0 Å². The van der Waals surface area contributed by atoms with Gasteiger partial charge in [-0.3, -0.25) is 9.89 Å². The fourth-order valence-corrected chi connectivity index (χ4v) is 3.84. The summed E-state index contributed by atoms with van der Waals surface area (Å²) in [4.78, 5) is 15.0. The van der Waals surface area contributed by atoms with Gasteiger partial charge in [-0.2, -0.15) is 5.10 Å². The lowest BCUT2D eigenvalue weighted by Gasteiger charge is -2.16. The van der Waals surface area contributed by atoms with Crippen molar-refractivity contribution in [3.8, 4) is 0 Å². The van der Waals surface area contributed by atoms with Crippen LogP contribution < -0.4 is 5.32 Å². The monoisotopic (exact) mass is 338 g/mol. The molecule has 0 spiro atoms. The summed E-state index contributed by atoms with van der Waals surface area (Å²) < 4.78 is 0. The Balaban J connectivity index is 1.27. The zero-order chi connectivity index (χ0) is 17.2. The topological polar surface area (TPSA) is 61.0 Å². The molecule has 1 aromatic carbocycles. The van der Waals surface area contributed by atoms with Gasteiger partial charge < -0.3 is 10.2 Å². The summed E-state index contributed by atoms with van der Waals surface area (Å²) in [5.74, 6) is 1.12. The maximum absolute atomic E-state index is 12.5. The van der Waals surface area contributed by atoms with Crippen LogP contribution in [0.2, 0.25) is 0 Å². The van der Waals surface area contributed by atoms with Crippen LogP contribution in [0.3, 0.4) is 0 Å². The third-order valence-electron chi connectivity index (χ3n) is 5.42. The number of H-pyrrole nitrogens is 1. The number of benzene rings is 1. The van der Waals surface area contributed by atoms with Crippen molar-refractivity contribution in [2.24, 2.45) is 0 Å². The minimum Gasteiger partial charge on any atom is -0.351 e. The van der Waals surface area contributed by atoms with Crippen LogP contribution in [-0.4, -0.2) is 47.2 Å². The van der Waals surface area contributed by atoms with Crippen LogP contribution in [0.5, 0.6) is 0 Å². The third-order valence-corrected chi connectivity index (χ3v) is 5.42. The first kappa shape index (κ1) is 16.3. The molecule has 1 aliphatic heterocycles. The predicted molar refractivity (Wildman–Crippen MR) is 97.9 cm³/mol. The molecule has 2 N–H and O–H groups in total. The van der Waals surface area contributed by atoms with E-state index in [0.717, 1.165) is 49.4 Å². The Bertz CT molecular complexity index is 735. The lowest BCUT2D eigenvalue weighted by atomic mass is 9.99. The van der Waals surface area contributed by atoms with E-state index in [2.05, 4.69) is 50.7 Å². The van der Waals surface area contributed by atoms with Gasteiger partial charge in [0.2, 0.25) is 0 Å². The molecule has 1 saturated carbocycles. The molecule has 5 heteroatoms. The predicted octanol–water partition coefficient (Wildman–Crippen LogP) is 2.81. The van der Waals surface area contributed by atoms with Gasteiger partial charge in [0.1, 0.15) is 0 Å². The Kier molecular flexibility index (Phi) is 4.57. The quantitative estimate of drug-likeness (QED) is 0.851. The van der Waals surface area contributed by atoms with E-state index in [1.165, 1.54) is 12.0 Å². The number of rotatable bonds is 6. The molecular formula is C20H26N4O. The molecule has 1 aromatic heterocycles. The highest BCUT2D eigenvalue weighted by Gasteiger charge is 2.32. The fourth-order valence-electron chi connectivity index (χ4n) is 3.84. The molecule has 5 nitrogen and oxygen atoms in total. The van der Waals surface area contributed by atoms with Gasteiger partial charge >= 0.3 is 0 Å². The largest absolute Gasteiger partial charge is 0.351 e. The Morgan fingerprint density at radius 2 is 2.04 bits per heavy atom. The molecule has 4 rings (SSSR count). The number of hydrogen-bond acceptors (Lipinski definition) is 3. The minimum atomic E-state index is 0.0203. The van der Waals surface area contributed by atoms with Crippen molar-refractivity contribution >= 4 is 5.91 Å². The van der Waals surface area contributed by atoms with E-state index < -0.39 is 0 Å². The smallest absolute Gasteiger partial charge is 0.255 e. The zero-order valence-corrected chi connectivity index (χ0v) is 14.8. The first-order valence-electron chi connectivity index (χ1n) is 9.32. The number of nitrogens with one attached hydrogen (secondary N) is 2. The summed E-state index contributed by atoms with van der Waals surface area (Å²) in [6, 6.07) is 10.7. The Labute approximate surface area is 148 Å². The summed E-state index contributed by atoms with van der Waals surface area (Å²) in [6.45, 7) is 5.71. The first-order chi connectivity index (χ1) is 12.2.